The minimum atomic E-state index is -4.01. The molecule has 0 saturated heterocycles. The van der Waals surface area contributed by atoms with Crippen LogP contribution in [0.4, 0.5) is 5.69 Å². The Bertz CT molecular complexity index is 631. The highest BCUT2D eigenvalue weighted by molar-refractivity contribution is 9.10. The number of nitro groups is 1. The van der Waals surface area contributed by atoms with E-state index in [1.54, 1.807) is 13.8 Å². The minimum Gasteiger partial charge on any atom is -0.396 e. The van der Waals surface area contributed by atoms with Gasteiger partial charge in [-0.1, -0.05) is 29.8 Å². The van der Waals surface area contributed by atoms with E-state index in [4.69, 9.17) is 5.11 Å². The van der Waals surface area contributed by atoms with E-state index in [-0.39, 0.29) is 18.0 Å². The predicted molar refractivity (Wildman–Crippen MR) is 81.5 cm³/mol. The number of nitrogens with zero attached hydrogens (tertiary/aromatic N) is 1. The van der Waals surface area contributed by atoms with Crippen molar-refractivity contribution in [3.63, 3.8) is 0 Å². The van der Waals surface area contributed by atoms with Gasteiger partial charge in [0, 0.05) is 23.7 Å². The van der Waals surface area contributed by atoms with Crippen molar-refractivity contribution >= 4 is 31.6 Å². The molecular formula is C12H17BrN2O5S. The lowest BCUT2D eigenvalue weighted by Gasteiger charge is -2.23. The summed E-state index contributed by atoms with van der Waals surface area (Å²) in [7, 11) is -4.01. The van der Waals surface area contributed by atoms with Gasteiger partial charge in [0.25, 0.3) is 5.69 Å². The maximum Gasteiger partial charge on any atom is 0.289 e. The van der Waals surface area contributed by atoms with E-state index >= 15 is 0 Å². The molecule has 0 saturated carbocycles. The van der Waals surface area contributed by atoms with Gasteiger partial charge in [0.1, 0.15) is 0 Å². The maximum atomic E-state index is 12.3. The maximum absolute atomic E-state index is 12.3. The molecule has 7 nitrogen and oxygen atoms in total. The molecule has 0 radical (unpaired) electrons. The lowest BCUT2D eigenvalue weighted by Crippen LogP contribution is -2.34. The molecule has 0 aliphatic carbocycles. The Balaban J connectivity index is 3.09. The number of nitrogens with one attached hydrogen (secondary N) is 1. The van der Waals surface area contributed by atoms with Crippen molar-refractivity contribution in [3.8, 4) is 0 Å². The van der Waals surface area contributed by atoms with E-state index in [9.17, 15) is 18.5 Å². The lowest BCUT2D eigenvalue weighted by atomic mass is 9.90. The number of hydrogen-bond donors (Lipinski definition) is 2. The van der Waals surface area contributed by atoms with Crippen LogP contribution in [-0.4, -0.2) is 31.6 Å². The van der Waals surface area contributed by atoms with E-state index in [0.717, 1.165) is 6.07 Å². The van der Waals surface area contributed by atoms with Crippen LogP contribution in [0.15, 0.2) is 27.6 Å². The molecule has 0 aromatic heterocycles. The third kappa shape index (κ3) is 5.03. The van der Waals surface area contributed by atoms with Gasteiger partial charge >= 0.3 is 0 Å². The third-order valence-corrected chi connectivity index (χ3v) is 4.86. The van der Waals surface area contributed by atoms with Crippen LogP contribution < -0.4 is 4.72 Å². The fourth-order valence-corrected chi connectivity index (χ4v) is 3.56. The van der Waals surface area contributed by atoms with E-state index in [2.05, 4.69) is 20.7 Å². The summed E-state index contributed by atoms with van der Waals surface area (Å²) in [4.78, 5) is 9.82. The molecule has 1 aromatic carbocycles. The molecule has 118 valence electrons. The summed E-state index contributed by atoms with van der Waals surface area (Å²) >= 11 is 3.11. The summed E-state index contributed by atoms with van der Waals surface area (Å²) < 4.78 is 27.3. The Morgan fingerprint density at radius 1 is 1.43 bits per heavy atom. The monoisotopic (exact) mass is 380 g/mol. The van der Waals surface area contributed by atoms with Crippen molar-refractivity contribution in [1.29, 1.82) is 0 Å². The summed E-state index contributed by atoms with van der Waals surface area (Å²) in [6.45, 7) is 3.59. The smallest absolute Gasteiger partial charge is 0.289 e. The average molecular weight is 381 g/mol. The normalized spacial score (nSPS) is 12.4. The number of rotatable bonds is 7. The molecule has 1 rings (SSSR count). The first kappa shape index (κ1) is 18.0. The van der Waals surface area contributed by atoms with Crippen LogP contribution in [0.25, 0.3) is 0 Å². The van der Waals surface area contributed by atoms with Crippen LogP contribution in [0.2, 0.25) is 0 Å². The number of sulfonamides is 1. The Morgan fingerprint density at radius 3 is 2.57 bits per heavy atom. The molecule has 0 unspecified atom stereocenters. The van der Waals surface area contributed by atoms with Gasteiger partial charge in [-0.3, -0.25) is 10.1 Å². The second-order valence-electron chi connectivity index (χ2n) is 5.33. The Kier molecular flexibility index (Phi) is 5.85. The Hall–Kier alpha value is -1.03. The molecule has 0 heterocycles. The van der Waals surface area contributed by atoms with E-state index in [1.165, 1.54) is 12.1 Å². The summed E-state index contributed by atoms with van der Waals surface area (Å²) in [6, 6.07) is 3.74. The SMILES string of the molecule is CC(C)(CCO)CNS(=O)(=O)c1cc(Br)ccc1[N+](=O)[O-]. The largest absolute Gasteiger partial charge is 0.396 e. The zero-order chi connectivity index (χ0) is 16.3. The van der Waals surface area contributed by atoms with Crippen molar-refractivity contribution in [2.24, 2.45) is 5.41 Å². The van der Waals surface area contributed by atoms with Crippen molar-refractivity contribution in [1.82, 2.24) is 4.72 Å². The van der Waals surface area contributed by atoms with Gasteiger partial charge in [0.05, 0.1) is 4.92 Å². The number of halogens is 1. The van der Waals surface area contributed by atoms with Gasteiger partial charge in [0.2, 0.25) is 10.0 Å². The molecule has 0 fully saturated rings. The lowest BCUT2D eigenvalue weighted by molar-refractivity contribution is -0.387. The summed E-state index contributed by atoms with van der Waals surface area (Å²) in [5.74, 6) is 0. The number of benzene rings is 1. The fourth-order valence-electron chi connectivity index (χ4n) is 1.61. The summed E-state index contributed by atoms with van der Waals surface area (Å²) in [5.41, 5.74) is -0.937. The molecule has 21 heavy (non-hydrogen) atoms. The standard InChI is InChI=1S/C12H17BrN2O5S/c1-12(2,5-6-16)8-14-21(19,20)11-7-9(13)3-4-10(11)15(17)18/h3-4,7,14,16H,5-6,8H2,1-2H3. The first-order valence-electron chi connectivity index (χ1n) is 6.13. The van der Waals surface area contributed by atoms with Crippen molar-refractivity contribution in [3.05, 3.63) is 32.8 Å². The molecule has 0 aliphatic heterocycles. The second-order valence-corrected chi connectivity index (χ2v) is 7.98. The zero-order valence-corrected chi connectivity index (χ0v) is 14.1. The third-order valence-electron chi connectivity index (χ3n) is 2.94. The molecular weight excluding hydrogens is 364 g/mol. The average Bonchev–Trinajstić information content (AvgIpc) is 2.36. The molecule has 0 spiro atoms. The highest BCUT2D eigenvalue weighted by atomic mass is 79.9. The highest BCUT2D eigenvalue weighted by Gasteiger charge is 2.28. The zero-order valence-electron chi connectivity index (χ0n) is 11.7. The van der Waals surface area contributed by atoms with Gasteiger partial charge in [-0.2, -0.15) is 0 Å². The summed E-state index contributed by atoms with van der Waals surface area (Å²) in [6.07, 6.45) is 0.413. The molecule has 0 amide bonds. The van der Waals surface area contributed by atoms with Gasteiger partial charge < -0.3 is 5.11 Å². The van der Waals surface area contributed by atoms with Gasteiger partial charge in [-0.05, 0) is 24.0 Å². The van der Waals surface area contributed by atoms with Crippen LogP contribution in [0.5, 0.6) is 0 Å². The molecule has 9 heteroatoms. The first-order chi connectivity index (χ1) is 9.59. The molecule has 1 aromatic rings. The van der Waals surface area contributed by atoms with Gasteiger partial charge in [-0.25, -0.2) is 13.1 Å². The van der Waals surface area contributed by atoms with Crippen molar-refractivity contribution < 1.29 is 18.4 Å². The van der Waals surface area contributed by atoms with Crippen LogP contribution in [0.1, 0.15) is 20.3 Å². The molecule has 0 bridgehead atoms. The van der Waals surface area contributed by atoms with Crippen LogP contribution in [0.3, 0.4) is 0 Å². The van der Waals surface area contributed by atoms with Gasteiger partial charge in [0.15, 0.2) is 4.90 Å². The van der Waals surface area contributed by atoms with Gasteiger partial charge in [-0.15, -0.1) is 0 Å². The predicted octanol–water partition coefficient (Wildman–Crippen LogP) is 2.04. The van der Waals surface area contributed by atoms with E-state index < -0.39 is 26.0 Å². The fraction of sp³-hybridized carbons (Fsp3) is 0.500. The number of aliphatic hydroxyl groups is 1. The highest BCUT2D eigenvalue weighted by Crippen LogP contribution is 2.28. The van der Waals surface area contributed by atoms with Crippen molar-refractivity contribution in [2.45, 2.75) is 25.2 Å². The summed E-state index contributed by atoms with van der Waals surface area (Å²) in [5, 5.41) is 19.9. The topological polar surface area (TPSA) is 110 Å². The molecule has 0 aliphatic rings. The molecule has 0 atom stereocenters. The van der Waals surface area contributed by atoms with E-state index in [0.29, 0.717) is 10.9 Å². The number of aliphatic hydroxyl groups excluding tert-OH is 1. The van der Waals surface area contributed by atoms with Crippen molar-refractivity contribution in [2.75, 3.05) is 13.2 Å². The number of nitro benzene ring substituents is 1. The number of hydrogen-bond acceptors (Lipinski definition) is 5. The first-order valence-corrected chi connectivity index (χ1v) is 8.41. The van der Waals surface area contributed by atoms with Crippen LogP contribution in [0, 0.1) is 15.5 Å². The van der Waals surface area contributed by atoms with E-state index in [1.807, 2.05) is 0 Å². The Labute approximate surface area is 131 Å². The Morgan fingerprint density at radius 2 is 2.05 bits per heavy atom. The minimum absolute atomic E-state index is 0.0637. The van der Waals surface area contributed by atoms with Crippen LogP contribution in [-0.2, 0) is 10.0 Å². The van der Waals surface area contributed by atoms with Crippen LogP contribution >= 0.6 is 15.9 Å². The quantitative estimate of drug-likeness (QED) is 0.555. The molecule has 2 N–H and O–H groups in total. The second kappa shape index (κ2) is 6.82.